The molecule has 0 bridgehead atoms. The van der Waals surface area contributed by atoms with E-state index in [9.17, 15) is 4.79 Å². The van der Waals surface area contributed by atoms with Gasteiger partial charge in [-0.15, -0.1) is 0 Å². The highest BCUT2D eigenvalue weighted by Crippen LogP contribution is 2.42. The first kappa shape index (κ1) is 10.8. The van der Waals surface area contributed by atoms with Gasteiger partial charge in [-0.05, 0) is 11.6 Å². The highest BCUT2D eigenvalue weighted by Gasteiger charge is 2.26. The van der Waals surface area contributed by atoms with E-state index in [4.69, 9.17) is 10.5 Å². The van der Waals surface area contributed by atoms with Crippen LogP contribution in [-0.4, -0.2) is 5.91 Å². The van der Waals surface area contributed by atoms with Crippen molar-refractivity contribution < 1.29 is 9.53 Å². The number of carbonyl (C=O) groups is 1. The summed E-state index contributed by atoms with van der Waals surface area (Å²) in [7, 11) is 0. The van der Waals surface area contributed by atoms with Gasteiger partial charge in [0.05, 0.1) is 6.42 Å². The molecule has 1 aliphatic rings. The average Bonchev–Trinajstić information content (AvgIpc) is 2.38. The van der Waals surface area contributed by atoms with Crippen molar-refractivity contribution in [3.8, 4) is 16.9 Å². The molecule has 90 valence electrons. The second kappa shape index (κ2) is 4.18. The summed E-state index contributed by atoms with van der Waals surface area (Å²) in [6, 6.07) is 15.8. The first-order valence-electron chi connectivity index (χ1n) is 5.89. The number of rotatable bonds is 2. The molecule has 3 heteroatoms. The van der Waals surface area contributed by atoms with Crippen molar-refractivity contribution in [3.05, 3.63) is 54.1 Å². The van der Waals surface area contributed by atoms with Crippen LogP contribution in [0.5, 0.6) is 5.75 Å². The van der Waals surface area contributed by atoms with E-state index in [-0.39, 0.29) is 18.4 Å². The van der Waals surface area contributed by atoms with Crippen molar-refractivity contribution in [2.45, 2.75) is 12.5 Å². The molecular weight excluding hydrogens is 226 g/mol. The van der Waals surface area contributed by atoms with E-state index in [2.05, 4.69) is 0 Å². The maximum absolute atomic E-state index is 11.1. The van der Waals surface area contributed by atoms with Crippen LogP contribution in [0.4, 0.5) is 0 Å². The number of hydrogen-bond acceptors (Lipinski definition) is 2. The molecule has 3 rings (SSSR count). The van der Waals surface area contributed by atoms with Crippen LogP contribution in [0.15, 0.2) is 48.5 Å². The van der Waals surface area contributed by atoms with E-state index in [1.54, 1.807) is 0 Å². The van der Waals surface area contributed by atoms with Crippen LogP contribution in [0.2, 0.25) is 0 Å². The lowest BCUT2D eigenvalue weighted by Crippen LogP contribution is -2.21. The summed E-state index contributed by atoms with van der Waals surface area (Å²) in [6.45, 7) is 0. The van der Waals surface area contributed by atoms with Crippen molar-refractivity contribution in [2.75, 3.05) is 0 Å². The smallest absolute Gasteiger partial charge is 0.221 e. The second-order valence-electron chi connectivity index (χ2n) is 4.36. The molecule has 0 saturated heterocycles. The van der Waals surface area contributed by atoms with Crippen molar-refractivity contribution in [2.24, 2.45) is 5.73 Å². The largest absolute Gasteiger partial charge is 0.485 e. The molecule has 1 atom stereocenters. The SMILES string of the molecule is NC(=O)CC1Oc2ccccc2-c2ccccc21. The number of benzene rings is 2. The Morgan fingerprint density at radius 2 is 1.72 bits per heavy atom. The van der Waals surface area contributed by atoms with E-state index < -0.39 is 0 Å². The zero-order chi connectivity index (χ0) is 12.5. The minimum atomic E-state index is -0.353. The van der Waals surface area contributed by atoms with Crippen LogP contribution in [0.25, 0.3) is 11.1 Å². The number of hydrogen-bond donors (Lipinski definition) is 1. The third-order valence-corrected chi connectivity index (χ3v) is 3.14. The fourth-order valence-electron chi connectivity index (χ4n) is 2.37. The van der Waals surface area contributed by atoms with Crippen molar-refractivity contribution in [3.63, 3.8) is 0 Å². The molecule has 0 radical (unpaired) electrons. The molecule has 1 heterocycles. The Kier molecular flexibility index (Phi) is 2.52. The second-order valence-corrected chi connectivity index (χ2v) is 4.36. The van der Waals surface area contributed by atoms with E-state index in [1.165, 1.54) is 0 Å². The fraction of sp³-hybridized carbons (Fsp3) is 0.133. The van der Waals surface area contributed by atoms with Gasteiger partial charge in [-0.3, -0.25) is 4.79 Å². The highest BCUT2D eigenvalue weighted by molar-refractivity contribution is 5.79. The van der Waals surface area contributed by atoms with Gasteiger partial charge < -0.3 is 10.5 Å². The number of primary amides is 1. The maximum Gasteiger partial charge on any atom is 0.221 e. The molecular formula is C15H13NO2. The topological polar surface area (TPSA) is 52.3 Å². The Labute approximate surface area is 105 Å². The van der Waals surface area contributed by atoms with Crippen molar-refractivity contribution in [1.82, 2.24) is 0 Å². The van der Waals surface area contributed by atoms with Gasteiger partial charge in [-0.1, -0.05) is 42.5 Å². The standard InChI is InChI=1S/C15H13NO2/c16-15(17)9-14-12-7-2-1-5-10(12)11-6-3-4-8-13(11)18-14/h1-8,14H,9H2,(H2,16,17). The van der Waals surface area contributed by atoms with Crippen LogP contribution in [0.3, 0.4) is 0 Å². The molecule has 1 unspecified atom stereocenters. The molecule has 18 heavy (non-hydrogen) atoms. The Balaban J connectivity index is 2.13. The van der Waals surface area contributed by atoms with Crippen LogP contribution in [0.1, 0.15) is 18.1 Å². The van der Waals surface area contributed by atoms with E-state index >= 15 is 0 Å². The number of amides is 1. The molecule has 0 aromatic heterocycles. The summed E-state index contributed by atoms with van der Waals surface area (Å²) in [5.74, 6) is 0.455. The first-order chi connectivity index (χ1) is 8.75. The van der Waals surface area contributed by atoms with Crippen LogP contribution in [0, 0.1) is 0 Å². The van der Waals surface area contributed by atoms with E-state index in [0.717, 1.165) is 22.4 Å². The van der Waals surface area contributed by atoms with Gasteiger partial charge in [0.15, 0.2) is 0 Å². The predicted molar refractivity (Wildman–Crippen MR) is 69.1 cm³/mol. The van der Waals surface area contributed by atoms with Crippen LogP contribution in [-0.2, 0) is 4.79 Å². The lowest BCUT2D eigenvalue weighted by molar-refractivity contribution is -0.119. The molecule has 0 spiro atoms. The summed E-state index contributed by atoms with van der Waals surface area (Å²) in [5, 5.41) is 0. The number of ether oxygens (including phenoxy) is 1. The quantitative estimate of drug-likeness (QED) is 0.875. The van der Waals surface area contributed by atoms with Crippen molar-refractivity contribution >= 4 is 5.91 Å². The number of nitrogens with two attached hydrogens (primary N) is 1. The highest BCUT2D eigenvalue weighted by atomic mass is 16.5. The van der Waals surface area contributed by atoms with Gasteiger partial charge in [0.1, 0.15) is 11.9 Å². The average molecular weight is 239 g/mol. The summed E-state index contributed by atoms with van der Waals surface area (Å²) in [5.41, 5.74) is 8.48. The van der Waals surface area contributed by atoms with E-state index in [1.807, 2.05) is 48.5 Å². The van der Waals surface area contributed by atoms with Gasteiger partial charge >= 0.3 is 0 Å². The third kappa shape index (κ3) is 1.74. The zero-order valence-electron chi connectivity index (χ0n) is 9.80. The minimum Gasteiger partial charge on any atom is -0.485 e. The van der Waals surface area contributed by atoms with Gasteiger partial charge in [-0.2, -0.15) is 0 Å². The number of para-hydroxylation sites is 1. The molecule has 2 aromatic rings. The first-order valence-corrected chi connectivity index (χ1v) is 5.89. The number of fused-ring (bicyclic) bond motifs is 3. The molecule has 3 nitrogen and oxygen atoms in total. The lowest BCUT2D eigenvalue weighted by Gasteiger charge is -2.28. The Morgan fingerprint density at radius 1 is 1.06 bits per heavy atom. The third-order valence-electron chi connectivity index (χ3n) is 3.14. The molecule has 0 fully saturated rings. The van der Waals surface area contributed by atoms with Gasteiger partial charge in [0, 0.05) is 11.1 Å². The lowest BCUT2D eigenvalue weighted by atomic mass is 9.91. The van der Waals surface area contributed by atoms with Crippen LogP contribution < -0.4 is 10.5 Å². The van der Waals surface area contributed by atoms with E-state index in [0.29, 0.717) is 0 Å². The minimum absolute atomic E-state index is 0.200. The van der Waals surface area contributed by atoms with Gasteiger partial charge in [-0.25, -0.2) is 0 Å². The Morgan fingerprint density at radius 3 is 2.50 bits per heavy atom. The van der Waals surface area contributed by atoms with Gasteiger partial charge in [0.2, 0.25) is 5.91 Å². The summed E-state index contributed by atoms with van der Waals surface area (Å²) < 4.78 is 5.87. The summed E-state index contributed by atoms with van der Waals surface area (Å²) in [4.78, 5) is 11.1. The molecule has 1 amide bonds. The number of carbonyl (C=O) groups excluding carboxylic acids is 1. The summed E-state index contributed by atoms with van der Waals surface area (Å²) in [6.07, 6.45) is -0.0840. The normalized spacial score (nSPS) is 16.3. The molecule has 0 aliphatic carbocycles. The molecule has 2 N–H and O–H groups in total. The van der Waals surface area contributed by atoms with Crippen LogP contribution >= 0.6 is 0 Å². The Hall–Kier alpha value is -2.29. The monoisotopic (exact) mass is 239 g/mol. The fourth-order valence-corrected chi connectivity index (χ4v) is 2.37. The maximum atomic E-state index is 11.1. The van der Waals surface area contributed by atoms with Crippen molar-refractivity contribution in [1.29, 1.82) is 0 Å². The molecule has 0 saturated carbocycles. The predicted octanol–water partition coefficient (Wildman–Crippen LogP) is 2.66. The molecule has 1 aliphatic heterocycles. The van der Waals surface area contributed by atoms with Gasteiger partial charge in [0.25, 0.3) is 0 Å². The zero-order valence-corrected chi connectivity index (χ0v) is 9.80. The molecule has 2 aromatic carbocycles. The Bertz CT molecular complexity index is 607. The summed E-state index contributed by atoms with van der Waals surface area (Å²) >= 11 is 0.